The maximum atomic E-state index is 12.1. The molecule has 1 N–H and O–H groups in total. The highest BCUT2D eigenvalue weighted by Gasteiger charge is 2.25. The van der Waals surface area contributed by atoms with Crippen molar-refractivity contribution in [2.45, 2.75) is 38.0 Å². The molecule has 19 heavy (non-hydrogen) atoms. The van der Waals surface area contributed by atoms with Crippen LogP contribution in [0.2, 0.25) is 0 Å². The van der Waals surface area contributed by atoms with Crippen molar-refractivity contribution in [1.82, 2.24) is 10.2 Å². The monoisotopic (exact) mass is 282 g/mol. The molecule has 4 nitrogen and oxygen atoms in total. The minimum Gasteiger partial charge on any atom is -0.468 e. The Morgan fingerprint density at radius 3 is 2.89 bits per heavy atom. The zero-order chi connectivity index (χ0) is 13.9. The summed E-state index contributed by atoms with van der Waals surface area (Å²) in [6.45, 7) is 7.58. The van der Waals surface area contributed by atoms with Gasteiger partial charge in [0.1, 0.15) is 5.76 Å². The molecule has 0 unspecified atom stereocenters. The number of amides is 2. The van der Waals surface area contributed by atoms with Crippen LogP contribution in [0.1, 0.15) is 38.2 Å². The fourth-order valence-corrected chi connectivity index (χ4v) is 3.26. The van der Waals surface area contributed by atoms with Gasteiger partial charge in [-0.2, -0.15) is 0 Å². The molecule has 2 amide bonds. The second-order valence-electron chi connectivity index (χ2n) is 5.83. The van der Waals surface area contributed by atoms with E-state index in [1.807, 2.05) is 49.6 Å². The van der Waals surface area contributed by atoms with Crippen molar-refractivity contribution >= 4 is 17.8 Å². The van der Waals surface area contributed by atoms with Crippen LogP contribution in [-0.2, 0) is 0 Å². The van der Waals surface area contributed by atoms with E-state index in [9.17, 15) is 4.79 Å². The SMILES string of the molecule is CC(C)(C)NC(=O)N1CCS[C@H](c2ccco2)CC1. The van der Waals surface area contributed by atoms with E-state index in [0.717, 1.165) is 31.0 Å². The number of furan rings is 1. The van der Waals surface area contributed by atoms with Crippen LogP contribution >= 0.6 is 11.8 Å². The van der Waals surface area contributed by atoms with Crippen LogP contribution in [0.15, 0.2) is 22.8 Å². The maximum absolute atomic E-state index is 12.1. The van der Waals surface area contributed by atoms with Crippen molar-refractivity contribution in [1.29, 1.82) is 0 Å². The fourth-order valence-electron chi connectivity index (χ4n) is 2.08. The lowest BCUT2D eigenvalue weighted by molar-refractivity contribution is 0.191. The first kappa shape index (κ1) is 14.3. The van der Waals surface area contributed by atoms with Gasteiger partial charge in [0, 0.05) is 24.4 Å². The average molecular weight is 282 g/mol. The first-order chi connectivity index (χ1) is 8.96. The summed E-state index contributed by atoms with van der Waals surface area (Å²) < 4.78 is 5.46. The Balaban J connectivity index is 1.91. The predicted molar refractivity (Wildman–Crippen MR) is 78.4 cm³/mol. The molecule has 1 aliphatic heterocycles. The standard InChI is InChI=1S/C14H22N2O2S/c1-14(2,3)15-13(17)16-7-6-12(19-10-8-16)11-5-4-9-18-11/h4-5,9,12H,6-8,10H2,1-3H3,(H,15,17)/t12-/m0/s1. The molecule has 2 rings (SSSR count). The highest BCUT2D eigenvalue weighted by molar-refractivity contribution is 7.99. The van der Waals surface area contributed by atoms with E-state index in [2.05, 4.69) is 5.32 Å². The summed E-state index contributed by atoms with van der Waals surface area (Å²) in [5.41, 5.74) is -0.184. The second kappa shape index (κ2) is 5.90. The molecule has 2 heterocycles. The summed E-state index contributed by atoms with van der Waals surface area (Å²) in [5, 5.41) is 3.38. The van der Waals surface area contributed by atoms with Crippen LogP contribution in [0.25, 0.3) is 0 Å². The molecule has 106 valence electrons. The van der Waals surface area contributed by atoms with Crippen LogP contribution in [0.5, 0.6) is 0 Å². The van der Waals surface area contributed by atoms with E-state index >= 15 is 0 Å². The molecule has 0 aromatic carbocycles. The molecule has 1 saturated heterocycles. The Labute approximate surface area is 118 Å². The van der Waals surface area contributed by atoms with Gasteiger partial charge in [-0.1, -0.05) is 0 Å². The van der Waals surface area contributed by atoms with E-state index in [0.29, 0.717) is 5.25 Å². The minimum atomic E-state index is -0.184. The molecule has 1 aromatic heterocycles. The Kier molecular flexibility index (Phi) is 4.45. The highest BCUT2D eigenvalue weighted by Crippen LogP contribution is 2.34. The molecule has 5 heteroatoms. The van der Waals surface area contributed by atoms with Crippen LogP contribution in [0, 0.1) is 0 Å². The number of thioether (sulfide) groups is 1. The fraction of sp³-hybridized carbons (Fsp3) is 0.643. The number of rotatable bonds is 1. The highest BCUT2D eigenvalue weighted by atomic mass is 32.2. The van der Waals surface area contributed by atoms with E-state index < -0.39 is 0 Å². The number of hydrogen-bond donors (Lipinski definition) is 1. The van der Waals surface area contributed by atoms with Crippen LogP contribution < -0.4 is 5.32 Å². The molecule has 0 bridgehead atoms. The molecule has 0 saturated carbocycles. The molecule has 1 atom stereocenters. The van der Waals surface area contributed by atoms with Crippen molar-refractivity contribution in [2.75, 3.05) is 18.8 Å². The third-order valence-electron chi connectivity index (χ3n) is 2.97. The van der Waals surface area contributed by atoms with E-state index in [1.165, 1.54) is 0 Å². The van der Waals surface area contributed by atoms with Gasteiger partial charge in [-0.3, -0.25) is 0 Å². The van der Waals surface area contributed by atoms with Crippen LogP contribution in [0.3, 0.4) is 0 Å². The van der Waals surface area contributed by atoms with Gasteiger partial charge in [-0.05, 0) is 39.3 Å². The number of hydrogen-bond acceptors (Lipinski definition) is 3. The molecule has 1 aromatic rings. The third-order valence-corrected chi connectivity index (χ3v) is 4.26. The summed E-state index contributed by atoms with van der Waals surface area (Å²) in [4.78, 5) is 14.0. The number of carbonyl (C=O) groups excluding carboxylic acids is 1. The summed E-state index contributed by atoms with van der Waals surface area (Å²) in [5.74, 6) is 1.96. The molecule has 0 spiro atoms. The maximum Gasteiger partial charge on any atom is 0.317 e. The lowest BCUT2D eigenvalue weighted by Gasteiger charge is -2.27. The number of nitrogens with zero attached hydrogens (tertiary/aromatic N) is 1. The van der Waals surface area contributed by atoms with Gasteiger partial charge in [0.15, 0.2) is 0 Å². The zero-order valence-corrected chi connectivity index (χ0v) is 12.6. The molecule has 0 radical (unpaired) electrons. The van der Waals surface area contributed by atoms with Crippen molar-refractivity contribution < 1.29 is 9.21 Å². The number of carbonyl (C=O) groups is 1. The first-order valence-electron chi connectivity index (χ1n) is 6.68. The third kappa shape index (κ3) is 4.20. The number of urea groups is 1. The van der Waals surface area contributed by atoms with Crippen molar-refractivity contribution in [3.63, 3.8) is 0 Å². The molecule has 0 aliphatic carbocycles. The molecule has 1 aliphatic rings. The Morgan fingerprint density at radius 1 is 1.47 bits per heavy atom. The second-order valence-corrected chi connectivity index (χ2v) is 7.14. The van der Waals surface area contributed by atoms with E-state index in [-0.39, 0.29) is 11.6 Å². The Bertz CT molecular complexity index is 412. The van der Waals surface area contributed by atoms with Gasteiger partial charge in [-0.25, -0.2) is 4.79 Å². The van der Waals surface area contributed by atoms with Gasteiger partial charge < -0.3 is 14.6 Å². The summed E-state index contributed by atoms with van der Waals surface area (Å²) >= 11 is 1.87. The largest absolute Gasteiger partial charge is 0.468 e. The first-order valence-corrected chi connectivity index (χ1v) is 7.73. The van der Waals surface area contributed by atoms with Gasteiger partial charge in [0.2, 0.25) is 0 Å². The normalized spacial score (nSPS) is 21.0. The predicted octanol–water partition coefficient (Wildman–Crippen LogP) is 3.27. The zero-order valence-electron chi connectivity index (χ0n) is 11.8. The average Bonchev–Trinajstić information content (AvgIpc) is 2.71. The molecular weight excluding hydrogens is 260 g/mol. The topological polar surface area (TPSA) is 45.5 Å². The molecular formula is C14H22N2O2S. The lowest BCUT2D eigenvalue weighted by Crippen LogP contribution is -2.49. The Hall–Kier alpha value is -1.10. The van der Waals surface area contributed by atoms with Gasteiger partial charge in [0.05, 0.1) is 11.5 Å². The Morgan fingerprint density at radius 2 is 2.26 bits per heavy atom. The van der Waals surface area contributed by atoms with E-state index in [4.69, 9.17) is 4.42 Å². The molecule has 1 fully saturated rings. The summed E-state index contributed by atoms with van der Waals surface area (Å²) in [7, 11) is 0. The van der Waals surface area contributed by atoms with Crippen molar-refractivity contribution in [3.05, 3.63) is 24.2 Å². The van der Waals surface area contributed by atoms with Gasteiger partial charge in [0.25, 0.3) is 0 Å². The minimum absolute atomic E-state index is 0.0354. The quantitative estimate of drug-likeness (QED) is 0.860. The van der Waals surface area contributed by atoms with E-state index in [1.54, 1.807) is 6.26 Å². The van der Waals surface area contributed by atoms with Crippen molar-refractivity contribution in [2.24, 2.45) is 0 Å². The summed E-state index contributed by atoms with van der Waals surface area (Å²) in [6.07, 6.45) is 2.65. The number of nitrogens with one attached hydrogen (secondary N) is 1. The summed E-state index contributed by atoms with van der Waals surface area (Å²) in [6, 6.07) is 3.97. The smallest absolute Gasteiger partial charge is 0.317 e. The van der Waals surface area contributed by atoms with Gasteiger partial charge >= 0.3 is 6.03 Å². The van der Waals surface area contributed by atoms with Crippen molar-refractivity contribution in [3.8, 4) is 0 Å². The van der Waals surface area contributed by atoms with Gasteiger partial charge in [-0.15, -0.1) is 11.8 Å². The lowest BCUT2D eigenvalue weighted by atomic mass is 10.1. The van der Waals surface area contributed by atoms with Crippen LogP contribution in [0.4, 0.5) is 4.79 Å². The van der Waals surface area contributed by atoms with Crippen LogP contribution in [-0.4, -0.2) is 35.3 Å².